The van der Waals surface area contributed by atoms with E-state index in [1.807, 2.05) is 58.0 Å². The molecule has 0 aliphatic carbocycles. The summed E-state index contributed by atoms with van der Waals surface area (Å²) >= 11 is 0. The van der Waals surface area contributed by atoms with Gasteiger partial charge in [0.1, 0.15) is 6.42 Å². The van der Waals surface area contributed by atoms with Gasteiger partial charge in [0.2, 0.25) is 11.5 Å². The van der Waals surface area contributed by atoms with Crippen molar-refractivity contribution in [3.63, 3.8) is 0 Å². The van der Waals surface area contributed by atoms with Crippen molar-refractivity contribution in [3.05, 3.63) is 72.5 Å². The number of aliphatic carboxylic acids is 2. The van der Waals surface area contributed by atoms with Gasteiger partial charge in [0, 0.05) is 12.6 Å². The number of ether oxygens (including phenoxy) is 1. The number of carbonyl (C=O) groups is 2. The Morgan fingerprint density at radius 1 is 1.00 bits per heavy atom. The first kappa shape index (κ1) is 20.2. The molecule has 2 aromatic carbocycles. The molecule has 2 N–H and O–H groups in total. The molecule has 3 aromatic rings. The zero-order chi connectivity index (χ0) is 21.8. The first-order valence-corrected chi connectivity index (χ1v) is 9.80. The molecule has 0 unspecified atom stereocenters. The fourth-order valence-corrected chi connectivity index (χ4v) is 3.44. The number of hydrogen-bond donors (Lipinski definition) is 2. The van der Waals surface area contributed by atoms with E-state index in [4.69, 9.17) is 19.4 Å². The molecule has 0 atom stereocenters. The number of aryl methyl sites for hydroxylation is 1. The van der Waals surface area contributed by atoms with E-state index >= 15 is 0 Å². The van der Waals surface area contributed by atoms with E-state index in [0.717, 1.165) is 11.2 Å². The number of oxazole rings is 1. The van der Waals surface area contributed by atoms with E-state index in [-0.39, 0.29) is 25.9 Å². The summed E-state index contributed by atoms with van der Waals surface area (Å²) in [5.74, 6) is -0.103. The number of benzene rings is 2. The van der Waals surface area contributed by atoms with E-state index in [1.54, 1.807) is 18.2 Å². The molecule has 0 saturated carbocycles. The Hall–Kier alpha value is -4.07. The Morgan fingerprint density at radius 3 is 2.55 bits per heavy atom. The average molecular weight is 421 g/mol. The van der Waals surface area contributed by atoms with Gasteiger partial charge in [-0.15, -0.1) is 0 Å². The Morgan fingerprint density at radius 2 is 1.74 bits per heavy atom. The predicted octanol–water partition coefficient (Wildman–Crippen LogP) is 3.42. The summed E-state index contributed by atoms with van der Waals surface area (Å²) in [4.78, 5) is 23.9. The Bertz CT molecular complexity index is 1190. The lowest BCUT2D eigenvalue weighted by Gasteiger charge is -2.16. The quantitative estimate of drug-likeness (QED) is 0.537. The minimum Gasteiger partial charge on any atom is -0.481 e. The Kier molecular flexibility index (Phi) is 5.70. The number of anilines is 1. The minimum atomic E-state index is -0.888. The lowest BCUT2D eigenvalue weighted by atomic mass is 10.2. The van der Waals surface area contributed by atoms with Crippen LogP contribution in [0.1, 0.15) is 18.7 Å². The summed E-state index contributed by atoms with van der Waals surface area (Å²) in [7, 11) is 0. The Balaban J connectivity index is 1.62. The van der Waals surface area contributed by atoms with Gasteiger partial charge < -0.3 is 24.3 Å². The predicted molar refractivity (Wildman–Crippen MR) is 112 cm³/mol. The van der Waals surface area contributed by atoms with Crippen molar-refractivity contribution in [2.45, 2.75) is 19.4 Å². The molecule has 0 spiro atoms. The summed E-state index contributed by atoms with van der Waals surface area (Å²) in [5, 5.41) is 18.1. The molecule has 1 aliphatic rings. The van der Waals surface area contributed by atoms with E-state index < -0.39 is 11.9 Å². The van der Waals surface area contributed by atoms with Gasteiger partial charge in [0.15, 0.2) is 12.3 Å². The molecule has 0 saturated heterocycles. The zero-order valence-corrected chi connectivity index (χ0v) is 16.6. The van der Waals surface area contributed by atoms with Crippen molar-refractivity contribution in [2.75, 3.05) is 11.4 Å². The van der Waals surface area contributed by atoms with Crippen LogP contribution in [0.25, 0.3) is 17.2 Å². The molecule has 158 valence electrons. The average Bonchev–Trinajstić information content (AvgIpc) is 3.28. The zero-order valence-electron chi connectivity index (χ0n) is 16.6. The highest BCUT2D eigenvalue weighted by Gasteiger charge is 2.26. The van der Waals surface area contributed by atoms with Crippen LogP contribution in [0.5, 0.6) is 5.75 Å². The third-order valence-corrected chi connectivity index (χ3v) is 4.85. The topological polar surface area (TPSA) is 104 Å². The molecule has 0 bridgehead atoms. The van der Waals surface area contributed by atoms with Crippen LogP contribution >= 0.6 is 0 Å². The molecule has 2 heterocycles. The number of aromatic nitrogens is 1. The largest absolute Gasteiger partial charge is 0.481 e. The summed E-state index contributed by atoms with van der Waals surface area (Å²) in [6.07, 6.45) is 5.14. The smallest absolute Gasteiger partial charge is 0.374 e. The van der Waals surface area contributed by atoms with Gasteiger partial charge in [-0.3, -0.25) is 9.59 Å². The minimum absolute atomic E-state index is 0.0302. The lowest BCUT2D eigenvalue weighted by Crippen LogP contribution is -2.36. The standard InChI is InChI=1S/C23H20N2O6/c26-22(27)12-14-24-16-6-1-3-8-18(16)30-20(24)10-5-11-21-25(15-13-23(28)29)17-7-2-4-9-19(17)31-21/h1-11H,12-15H2,(H-,26,27,28,29)/p+1. The van der Waals surface area contributed by atoms with Crippen molar-refractivity contribution in [2.24, 2.45) is 0 Å². The third kappa shape index (κ3) is 4.42. The number of hydrogen-bond acceptors (Lipinski definition) is 5. The van der Waals surface area contributed by atoms with Gasteiger partial charge in [-0.2, -0.15) is 4.57 Å². The van der Waals surface area contributed by atoms with Crippen LogP contribution in [0.4, 0.5) is 5.69 Å². The first-order valence-electron chi connectivity index (χ1n) is 9.80. The number of para-hydroxylation sites is 4. The number of nitrogens with zero attached hydrogens (tertiary/aromatic N) is 2. The SMILES string of the molecule is O=C(O)CCN1/C(=C\C=C\c2oc3ccccc3[n+]2CCC(=O)O)Oc2ccccc21. The summed E-state index contributed by atoms with van der Waals surface area (Å²) < 4.78 is 13.6. The van der Waals surface area contributed by atoms with E-state index in [1.165, 1.54) is 0 Å². The van der Waals surface area contributed by atoms with Gasteiger partial charge in [-0.1, -0.05) is 24.3 Å². The van der Waals surface area contributed by atoms with Crippen LogP contribution in [-0.4, -0.2) is 28.7 Å². The fourth-order valence-electron chi connectivity index (χ4n) is 3.44. The number of rotatable bonds is 8. The van der Waals surface area contributed by atoms with Crippen molar-refractivity contribution < 1.29 is 33.5 Å². The first-order chi connectivity index (χ1) is 15.0. The van der Waals surface area contributed by atoms with Crippen molar-refractivity contribution in [1.82, 2.24) is 0 Å². The molecule has 1 aliphatic heterocycles. The van der Waals surface area contributed by atoms with Gasteiger partial charge >= 0.3 is 17.8 Å². The molecule has 8 heteroatoms. The van der Waals surface area contributed by atoms with Crippen molar-refractivity contribution >= 4 is 34.8 Å². The molecule has 1 aromatic heterocycles. The number of carboxylic acid groups (broad SMARTS) is 2. The summed E-state index contributed by atoms with van der Waals surface area (Å²) in [5.41, 5.74) is 2.28. The van der Waals surface area contributed by atoms with Crippen molar-refractivity contribution in [3.8, 4) is 5.75 Å². The maximum Gasteiger partial charge on any atom is 0.374 e. The highest BCUT2D eigenvalue weighted by molar-refractivity contribution is 5.72. The van der Waals surface area contributed by atoms with E-state index in [9.17, 15) is 9.59 Å². The van der Waals surface area contributed by atoms with Gasteiger partial charge in [-0.05, 0) is 30.4 Å². The van der Waals surface area contributed by atoms with Gasteiger partial charge in [-0.25, -0.2) is 0 Å². The highest BCUT2D eigenvalue weighted by atomic mass is 16.5. The normalized spacial score (nSPS) is 14.3. The van der Waals surface area contributed by atoms with Crippen LogP contribution in [0.15, 0.2) is 71.0 Å². The van der Waals surface area contributed by atoms with Crippen LogP contribution in [0.2, 0.25) is 0 Å². The maximum absolute atomic E-state index is 11.0. The number of allylic oxidation sites excluding steroid dienone is 2. The van der Waals surface area contributed by atoms with E-state index in [2.05, 4.69) is 0 Å². The molecule has 31 heavy (non-hydrogen) atoms. The van der Waals surface area contributed by atoms with Crippen LogP contribution in [-0.2, 0) is 16.1 Å². The van der Waals surface area contributed by atoms with Crippen LogP contribution < -0.4 is 14.2 Å². The molecule has 0 amide bonds. The molecule has 4 rings (SSSR count). The van der Waals surface area contributed by atoms with Gasteiger partial charge in [0.25, 0.3) is 5.52 Å². The maximum atomic E-state index is 11.0. The van der Waals surface area contributed by atoms with E-state index in [0.29, 0.717) is 23.1 Å². The molecular weight excluding hydrogens is 400 g/mol. The highest BCUT2D eigenvalue weighted by Crippen LogP contribution is 2.38. The second-order valence-corrected chi connectivity index (χ2v) is 6.93. The Labute approximate surface area is 177 Å². The summed E-state index contributed by atoms with van der Waals surface area (Å²) in [6, 6.07) is 14.9. The molecule has 0 radical (unpaired) electrons. The molecule has 0 fully saturated rings. The van der Waals surface area contributed by atoms with Crippen LogP contribution in [0.3, 0.4) is 0 Å². The monoisotopic (exact) mass is 421 g/mol. The lowest BCUT2D eigenvalue weighted by molar-refractivity contribution is -0.676. The van der Waals surface area contributed by atoms with Gasteiger partial charge in [0.05, 0.1) is 18.2 Å². The second-order valence-electron chi connectivity index (χ2n) is 6.93. The number of carboxylic acids is 2. The second kappa shape index (κ2) is 8.74. The molecule has 8 nitrogen and oxygen atoms in total. The molecular formula is C23H21N2O6+. The number of fused-ring (bicyclic) bond motifs is 2. The third-order valence-electron chi connectivity index (χ3n) is 4.85. The fraction of sp³-hybridized carbons (Fsp3) is 0.174. The van der Waals surface area contributed by atoms with Crippen LogP contribution in [0, 0.1) is 0 Å². The summed E-state index contributed by atoms with van der Waals surface area (Å²) in [6.45, 7) is 0.546. The van der Waals surface area contributed by atoms with Crippen molar-refractivity contribution in [1.29, 1.82) is 0 Å².